The van der Waals surface area contributed by atoms with Crippen LogP contribution in [0.1, 0.15) is 11.8 Å². The lowest BCUT2D eigenvalue weighted by molar-refractivity contribution is 0.179. The van der Waals surface area contributed by atoms with Gasteiger partial charge < -0.3 is 15.4 Å². The van der Waals surface area contributed by atoms with Gasteiger partial charge in [-0.05, 0) is 24.3 Å². The second-order valence-corrected chi connectivity index (χ2v) is 3.58. The molecule has 0 bridgehead atoms. The van der Waals surface area contributed by atoms with Crippen LogP contribution in [0.4, 0.5) is 4.39 Å². The quantitative estimate of drug-likeness (QED) is 0.781. The first-order chi connectivity index (χ1) is 7.13. The zero-order chi connectivity index (χ0) is 11.0. The minimum atomic E-state index is -0.703. The molecule has 2 rings (SSSR count). The summed E-state index contributed by atoms with van der Waals surface area (Å²) in [4.78, 5) is 0. The second-order valence-electron chi connectivity index (χ2n) is 3.58. The predicted octanol–water partition coefficient (Wildman–Crippen LogP) is 1.31. The third kappa shape index (κ3) is 1.62. The summed E-state index contributed by atoms with van der Waals surface area (Å²) in [7, 11) is 1.79. The van der Waals surface area contributed by atoms with E-state index < -0.39 is 6.10 Å². The summed E-state index contributed by atoms with van der Waals surface area (Å²) in [6.07, 6.45) is -0.703. The molecule has 2 aromatic rings. The molecule has 0 saturated heterocycles. The fraction of sp³-hybridized carbons (Fsp3) is 0.273. The molecular weight excluding hydrogens is 195 g/mol. The minimum absolute atomic E-state index is 0.159. The molecule has 0 aliphatic heterocycles. The van der Waals surface area contributed by atoms with Gasteiger partial charge in [-0.1, -0.05) is 0 Å². The molecule has 0 radical (unpaired) electrons. The molecule has 15 heavy (non-hydrogen) atoms. The van der Waals surface area contributed by atoms with Crippen molar-refractivity contribution in [2.75, 3.05) is 6.54 Å². The van der Waals surface area contributed by atoms with Crippen LogP contribution in [0.3, 0.4) is 0 Å². The zero-order valence-electron chi connectivity index (χ0n) is 8.44. The molecule has 80 valence electrons. The van der Waals surface area contributed by atoms with Gasteiger partial charge in [-0.15, -0.1) is 0 Å². The normalized spacial score (nSPS) is 13.3. The van der Waals surface area contributed by atoms with Crippen molar-refractivity contribution in [1.29, 1.82) is 0 Å². The smallest absolute Gasteiger partial charge is 0.125 e. The van der Waals surface area contributed by atoms with Gasteiger partial charge in [-0.2, -0.15) is 0 Å². The highest BCUT2D eigenvalue weighted by Crippen LogP contribution is 2.23. The molecule has 3 nitrogen and oxygen atoms in total. The number of hydrogen-bond acceptors (Lipinski definition) is 2. The molecule has 0 saturated carbocycles. The maximum absolute atomic E-state index is 13.0. The third-order valence-electron chi connectivity index (χ3n) is 2.61. The van der Waals surface area contributed by atoms with Crippen LogP contribution >= 0.6 is 0 Å². The van der Waals surface area contributed by atoms with Crippen molar-refractivity contribution in [1.82, 2.24) is 4.57 Å². The summed E-state index contributed by atoms with van der Waals surface area (Å²) in [6, 6.07) is 6.37. The maximum atomic E-state index is 13.0. The largest absolute Gasteiger partial charge is 0.386 e. The van der Waals surface area contributed by atoms with E-state index in [1.807, 2.05) is 6.07 Å². The lowest BCUT2D eigenvalue weighted by Gasteiger charge is -2.09. The Kier molecular flexibility index (Phi) is 2.46. The summed E-state index contributed by atoms with van der Waals surface area (Å²) in [5.74, 6) is -0.280. The number of aryl methyl sites for hydroxylation is 1. The third-order valence-corrected chi connectivity index (χ3v) is 2.61. The number of hydrogen-bond donors (Lipinski definition) is 2. The van der Waals surface area contributed by atoms with Crippen molar-refractivity contribution in [3.8, 4) is 0 Å². The first-order valence-electron chi connectivity index (χ1n) is 4.76. The van der Waals surface area contributed by atoms with E-state index in [9.17, 15) is 9.50 Å². The molecule has 1 aromatic heterocycles. The number of aliphatic hydroxyl groups excluding tert-OH is 1. The van der Waals surface area contributed by atoms with Crippen molar-refractivity contribution in [2.45, 2.75) is 6.10 Å². The SMILES string of the molecule is Cn1c(C(O)CN)cc2ccc(F)cc21. The summed E-state index contributed by atoms with van der Waals surface area (Å²) >= 11 is 0. The highest BCUT2D eigenvalue weighted by molar-refractivity contribution is 5.81. The maximum Gasteiger partial charge on any atom is 0.125 e. The van der Waals surface area contributed by atoms with Gasteiger partial charge in [0.1, 0.15) is 11.9 Å². The lowest BCUT2D eigenvalue weighted by Crippen LogP contribution is -2.14. The minimum Gasteiger partial charge on any atom is -0.386 e. The number of nitrogens with two attached hydrogens (primary N) is 1. The molecule has 1 atom stereocenters. The van der Waals surface area contributed by atoms with E-state index in [0.717, 1.165) is 10.9 Å². The van der Waals surface area contributed by atoms with Crippen LogP contribution < -0.4 is 5.73 Å². The van der Waals surface area contributed by atoms with Crippen molar-refractivity contribution in [2.24, 2.45) is 12.8 Å². The Morgan fingerprint density at radius 2 is 2.20 bits per heavy atom. The molecule has 1 aromatic carbocycles. The summed E-state index contributed by atoms with van der Waals surface area (Å²) < 4.78 is 14.8. The van der Waals surface area contributed by atoms with Crippen LogP contribution in [0, 0.1) is 5.82 Å². The number of benzene rings is 1. The molecule has 0 aliphatic rings. The molecule has 0 aliphatic carbocycles. The van der Waals surface area contributed by atoms with E-state index >= 15 is 0 Å². The molecule has 0 spiro atoms. The van der Waals surface area contributed by atoms with E-state index in [0.29, 0.717) is 5.69 Å². The Bertz CT molecular complexity index is 493. The van der Waals surface area contributed by atoms with Crippen molar-refractivity contribution < 1.29 is 9.50 Å². The Morgan fingerprint density at radius 1 is 1.47 bits per heavy atom. The van der Waals surface area contributed by atoms with Gasteiger partial charge in [0.15, 0.2) is 0 Å². The second kappa shape index (κ2) is 3.64. The number of rotatable bonds is 2. The molecule has 0 amide bonds. The summed E-state index contributed by atoms with van der Waals surface area (Å²) in [5.41, 5.74) is 6.86. The Morgan fingerprint density at radius 3 is 2.87 bits per heavy atom. The van der Waals surface area contributed by atoms with Gasteiger partial charge >= 0.3 is 0 Å². The molecular formula is C11H13FN2O. The van der Waals surface area contributed by atoms with Crippen LogP contribution in [-0.4, -0.2) is 16.2 Å². The summed E-state index contributed by atoms with van der Waals surface area (Å²) in [6.45, 7) is 0.159. The number of fused-ring (bicyclic) bond motifs is 1. The van der Waals surface area contributed by atoms with Gasteiger partial charge in [0, 0.05) is 24.7 Å². The Balaban J connectivity index is 2.64. The van der Waals surface area contributed by atoms with Gasteiger partial charge in [0.2, 0.25) is 0 Å². The van der Waals surface area contributed by atoms with Gasteiger partial charge in [0.25, 0.3) is 0 Å². The monoisotopic (exact) mass is 208 g/mol. The molecule has 4 heteroatoms. The van der Waals surface area contributed by atoms with Gasteiger partial charge in [0.05, 0.1) is 5.52 Å². The molecule has 1 heterocycles. The van der Waals surface area contributed by atoms with Crippen LogP contribution in [-0.2, 0) is 7.05 Å². The van der Waals surface area contributed by atoms with E-state index in [2.05, 4.69) is 0 Å². The topological polar surface area (TPSA) is 51.2 Å². The van der Waals surface area contributed by atoms with Crippen molar-refractivity contribution in [3.63, 3.8) is 0 Å². The van der Waals surface area contributed by atoms with Gasteiger partial charge in [-0.25, -0.2) is 4.39 Å². The standard InChI is InChI=1S/C11H13FN2O/c1-14-9-5-8(12)3-2-7(9)4-10(14)11(15)6-13/h2-5,11,15H,6,13H2,1H3. The van der Waals surface area contributed by atoms with Crippen LogP contribution in [0.2, 0.25) is 0 Å². The number of halogens is 1. The number of nitrogens with zero attached hydrogens (tertiary/aromatic N) is 1. The Labute approximate surface area is 86.9 Å². The average molecular weight is 208 g/mol. The first-order valence-corrected chi connectivity index (χ1v) is 4.76. The molecule has 1 unspecified atom stereocenters. The van der Waals surface area contributed by atoms with E-state index in [4.69, 9.17) is 5.73 Å². The van der Waals surface area contributed by atoms with Crippen LogP contribution in [0.15, 0.2) is 24.3 Å². The average Bonchev–Trinajstić information content (AvgIpc) is 2.55. The van der Waals surface area contributed by atoms with E-state index in [1.165, 1.54) is 12.1 Å². The highest BCUT2D eigenvalue weighted by Gasteiger charge is 2.12. The van der Waals surface area contributed by atoms with Crippen molar-refractivity contribution in [3.05, 3.63) is 35.8 Å². The van der Waals surface area contributed by atoms with Crippen molar-refractivity contribution >= 4 is 10.9 Å². The molecule has 0 fully saturated rings. The highest BCUT2D eigenvalue weighted by atomic mass is 19.1. The predicted molar refractivity (Wildman–Crippen MR) is 56.9 cm³/mol. The summed E-state index contributed by atoms with van der Waals surface area (Å²) in [5, 5.41) is 10.5. The Hall–Kier alpha value is -1.39. The molecule has 3 N–H and O–H groups in total. The van der Waals surface area contributed by atoms with E-state index in [-0.39, 0.29) is 12.4 Å². The number of aromatic nitrogens is 1. The number of aliphatic hydroxyl groups is 1. The van der Waals surface area contributed by atoms with E-state index in [1.54, 1.807) is 17.7 Å². The fourth-order valence-electron chi connectivity index (χ4n) is 1.77. The first kappa shape index (κ1) is 10.1. The zero-order valence-corrected chi connectivity index (χ0v) is 8.44. The fourth-order valence-corrected chi connectivity index (χ4v) is 1.77. The lowest BCUT2D eigenvalue weighted by atomic mass is 10.2. The van der Waals surface area contributed by atoms with Gasteiger partial charge in [-0.3, -0.25) is 0 Å². The van der Waals surface area contributed by atoms with Crippen LogP contribution in [0.25, 0.3) is 10.9 Å². The van der Waals surface area contributed by atoms with Crippen LogP contribution in [0.5, 0.6) is 0 Å².